The van der Waals surface area contributed by atoms with Gasteiger partial charge in [-0.25, -0.2) is 4.98 Å². The number of rotatable bonds is 4. The number of hydrogen-bond donors (Lipinski definition) is 0. The quantitative estimate of drug-likeness (QED) is 0.374. The highest BCUT2D eigenvalue weighted by molar-refractivity contribution is 7.98. The summed E-state index contributed by atoms with van der Waals surface area (Å²) >= 11 is 1.76. The molecule has 126 valence electrons. The minimum atomic E-state index is 0.996. The first-order valence-electron chi connectivity index (χ1n) is 8.61. The van der Waals surface area contributed by atoms with Crippen LogP contribution in [-0.4, -0.2) is 11.2 Å². The largest absolute Gasteiger partial charge is 0.248 e. The molecule has 1 aromatic heterocycles. The molecule has 4 rings (SSSR count). The van der Waals surface area contributed by atoms with Crippen LogP contribution < -0.4 is 0 Å². The third-order valence-corrected chi connectivity index (χ3v) is 5.13. The van der Waals surface area contributed by atoms with Gasteiger partial charge >= 0.3 is 0 Å². The summed E-state index contributed by atoms with van der Waals surface area (Å²) in [6, 6.07) is 33.8. The molecule has 2 heteroatoms. The lowest BCUT2D eigenvalue weighted by molar-refractivity contribution is 1.32. The molecule has 26 heavy (non-hydrogen) atoms. The molecule has 0 saturated heterocycles. The highest BCUT2D eigenvalue weighted by Gasteiger charge is 2.08. The Balaban J connectivity index is 1.87. The van der Waals surface area contributed by atoms with Crippen LogP contribution in [0.15, 0.2) is 102 Å². The smallest absolute Gasteiger partial charge is 0.0715 e. The Morgan fingerprint density at radius 1 is 0.538 bits per heavy atom. The van der Waals surface area contributed by atoms with Crippen molar-refractivity contribution in [3.8, 4) is 33.6 Å². The Hall–Kier alpha value is -2.84. The Kier molecular flexibility index (Phi) is 4.85. The van der Waals surface area contributed by atoms with Gasteiger partial charge < -0.3 is 0 Å². The standard InChI is InChI=1S/C24H19NS/c1-26-22-14-12-18(13-15-22)21-16-23(19-8-4-2-5-9-19)25-24(17-21)20-10-6-3-7-11-20/h2-17H,1H3. The van der Waals surface area contributed by atoms with Crippen molar-refractivity contribution in [1.29, 1.82) is 0 Å². The topological polar surface area (TPSA) is 12.9 Å². The Bertz CT molecular complexity index is 936. The minimum Gasteiger partial charge on any atom is -0.248 e. The molecule has 3 aromatic carbocycles. The highest BCUT2D eigenvalue weighted by atomic mass is 32.2. The first kappa shape index (κ1) is 16.6. The molecule has 0 unspecified atom stereocenters. The van der Waals surface area contributed by atoms with E-state index in [9.17, 15) is 0 Å². The monoisotopic (exact) mass is 353 g/mol. The molecule has 0 aliphatic heterocycles. The van der Waals surface area contributed by atoms with Crippen molar-refractivity contribution in [1.82, 2.24) is 4.98 Å². The van der Waals surface area contributed by atoms with E-state index in [0.717, 1.165) is 22.5 Å². The lowest BCUT2D eigenvalue weighted by Crippen LogP contribution is -1.91. The third-order valence-electron chi connectivity index (χ3n) is 4.39. The van der Waals surface area contributed by atoms with Crippen LogP contribution in [0.4, 0.5) is 0 Å². The molecule has 0 amide bonds. The zero-order valence-electron chi connectivity index (χ0n) is 14.6. The van der Waals surface area contributed by atoms with E-state index in [1.807, 2.05) is 12.1 Å². The SMILES string of the molecule is CSc1ccc(-c2cc(-c3ccccc3)nc(-c3ccccc3)c2)cc1. The van der Waals surface area contributed by atoms with Gasteiger partial charge in [-0.1, -0.05) is 72.8 Å². The number of pyridine rings is 1. The van der Waals surface area contributed by atoms with E-state index in [2.05, 4.69) is 91.2 Å². The zero-order chi connectivity index (χ0) is 17.8. The van der Waals surface area contributed by atoms with Crippen molar-refractivity contribution in [3.05, 3.63) is 97.1 Å². The third kappa shape index (κ3) is 3.56. The average Bonchev–Trinajstić information content (AvgIpc) is 2.75. The van der Waals surface area contributed by atoms with Crippen LogP contribution in [-0.2, 0) is 0 Å². The molecule has 0 aliphatic rings. The Morgan fingerprint density at radius 3 is 1.50 bits per heavy atom. The molecule has 1 heterocycles. The molecule has 0 bridgehead atoms. The molecule has 0 spiro atoms. The van der Waals surface area contributed by atoms with Crippen LogP contribution in [0.3, 0.4) is 0 Å². The van der Waals surface area contributed by atoms with Crippen LogP contribution in [0.5, 0.6) is 0 Å². The maximum absolute atomic E-state index is 4.93. The lowest BCUT2D eigenvalue weighted by atomic mass is 10.00. The number of aromatic nitrogens is 1. The van der Waals surface area contributed by atoms with Gasteiger partial charge in [0.2, 0.25) is 0 Å². The molecular weight excluding hydrogens is 334 g/mol. The summed E-state index contributed by atoms with van der Waals surface area (Å²) < 4.78 is 0. The van der Waals surface area contributed by atoms with E-state index >= 15 is 0 Å². The van der Waals surface area contributed by atoms with E-state index < -0.39 is 0 Å². The first-order valence-corrected chi connectivity index (χ1v) is 9.83. The predicted molar refractivity (Wildman–Crippen MR) is 112 cm³/mol. The number of nitrogens with zero attached hydrogens (tertiary/aromatic N) is 1. The summed E-state index contributed by atoms with van der Waals surface area (Å²) in [6.07, 6.45) is 2.10. The molecule has 4 aromatic rings. The second-order valence-corrected chi connectivity index (χ2v) is 6.97. The molecule has 0 radical (unpaired) electrons. The van der Waals surface area contributed by atoms with Crippen LogP contribution in [0.1, 0.15) is 0 Å². The molecule has 1 nitrogen and oxygen atoms in total. The van der Waals surface area contributed by atoms with Crippen molar-refractivity contribution in [2.45, 2.75) is 4.90 Å². The van der Waals surface area contributed by atoms with Crippen molar-refractivity contribution in [2.24, 2.45) is 0 Å². The van der Waals surface area contributed by atoms with Crippen molar-refractivity contribution in [2.75, 3.05) is 6.26 Å². The number of benzene rings is 3. The number of thioether (sulfide) groups is 1. The average molecular weight is 353 g/mol. The van der Waals surface area contributed by atoms with Gasteiger partial charge in [0.1, 0.15) is 0 Å². The van der Waals surface area contributed by atoms with Gasteiger partial charge in [0.25, 0.3) is 0 Å². The summed E-state index contributed by atoms with van der Waals surface area (Å²) in [7, 11) is 0. The molecule has 0 N–H and O–H groups in total. The van der Waals surface area contributed by atoms with Gasteiger partial charge in [-0.15, -0.1) is 11.8 Å². The first-order chi connectivity index (χ1) is 12.8. The van der Waals surface area contributed by atoms with Crippen molar-refractivity contribution in [3.63, 3.8) is 0 Å². The fraction of sp³-hybridized carbons (Fsp3) is 0.0417. The zero-order valence-corrected chi connectivity index (χ0v) is 15.4. The molecular formula is C24H19NS. The van der Waals surface area contributed by atoms with E-state index in [-0.39, 0.29) is 0 Å². The number of hydrogen-bond acceptors (Lipinski definition) is 2. The minimum absolute atomic E-state index is 0.996. The molecule has 0 fully saturated rings. The fourth-order valence-electron chi connectivity index (χ4n) is 2.99. The van der Waals surface area contributed by atoms with Crippen molar-refractivity contribution < 1.29 is 0 Å². The van der Waals surface area contributed by atoms with Gasteiger partial charge in [-0.2, -0.15) is 0 Å². The van der Waals surface area contributed by atoms with Gasteiger partial charge in [-0.05, 0) is 41.6 Å². The maximum atomic E-state index is 4.93. The fourth-order valence-corrected chi connectivity index (χ4v) is 3.40. The van der Waals surface area contributed by atoms with E-state index in [0.29, 0.717) is 0 Å². The maximum Gasteiger partial charge on any atom is 0.0715 e. The van der Waals surface area contributed by atoms with E-state index in [1.54, 1.807) is 11.8 Å². The summed E-state index contributed by atoms with van der Waals surface area (Å²) in [5.74, 6) is 0. The molecule has 0 saturated carbocycles. The van der Waals surface area contributed by atoms with Crippen LogP contribution in [0.25, 0.3) is 33.6 Å². The Labute approximate surface area is 158 Å². The lowest BCUT2D eigenvalue weighted by Gasteiger charge is -2.10. The predicted octanol–water partition coefficient (Wildman–Crippen LogP) is 6.80. The van der Waals surface area contributed by atoms with Crippen LogP contribution >= 0.6 is 11.8 Å². The molecule has 0 aliphatic carbocycles. The Morgan fingerprint density at radius 2 is 1.04 bits per heavy atom. The normalized spacial score (nSPS) is 10.7. The summed E-state index contributed by atoms with van der Waals surface area (Å²) in [5.41, 5.74) is 6.65. The summed E-state index contributed by atoms with van der Waals surface area (Å²) in [5, 5.41) is 0. The van der Waals surface area contributed by atoms with Gasteiger partial charge in [-0.3, -0.25) is 0 Å². The van der Waals surface area contributed by atoms with Gasteiger partial charge in [0, 0.05) is 16.0 Å². The summed E-state index contributed by atoms with van der Waals surface area (Å²) in [4.78, 5) is 6.20. The molecule has 0 atom stereocenters. The van der Waals surface area contributed by atoms with E-state index in [4.69, 9.17) is 4.98 Å². The summed E-state index contributed by atoms with van der Waals surface area (Å²) in [6.45, 7) is 0. The van der Waals surface area contributed by atoms with Gasteiger partial charge in [0.05, 0.1) is 11.4 Å². The highest BCUT2D eigenvalue weighted by Crippen LogP contribution is 2.31. The second kappa shape index (κ2) is 7.59. The van der Waals surface area contributed by atoms with E-state index in [1.165, 1.54) is 16.0 Å². The second-order valence-electron chi connectivity index (χ2n) is 6.09. The van der Waals surface area contributed by atoms with Crippen molar-refractivity contribution >= 4 is 11.8 Å². The van der Waals surface area contributed by atoms with Gasteiger partial charge in [0.15, 0.2) is 0 Å². The van der Waals surface area contributed by atoms with Crippen LogP contribution in [0.2, 0.25) is 0 Å². The van der Waals surface area contributed by atoms with Crippen LogP contribution in [0, 0.1) is 0 Å².